The number of carbonyl (C=O) groups excluding carboxylic acids is 2. The molecule has 3 aromatic rings. The Morgan fingerprint density at radius 3 is 2.81 bits per heavy atom. The van der Waals surface area contributed by atoms with E-state index in [0.717, 1.165) is 33.7 Å². The molecule has 8 heteroatoms. The normalized spacial score (nSPS) is 16.1. The number of benzene rings is 1. The van der Waals surface area contributed by atoms with Gasteiger partial charge in [-0.05, 0) is 32.4 Å². The molecular formula is C23H26N4O3S. The number of hydrogen-bond acceptors (Lipinski definition) is 6. The first-order chi connectivity index (χ1) is 15.0. The highest BCUT2D eigenvalue weighted by atomic mass is 32.1. The van der Waals surface area contributed by atoms with Crippen LogP contribution in [-0.2, 0) is 4.74 Å². The average molecular weight is 439 g/mol. The number of likely N-dealkylation sites (tertiary alicyclic amines) is 1. The van der Waals surface area contributed by atoms with Crippen molar-refractivity contribution in [1.82, 2.24) is 20.2 Å². The highest BCUT2D eigenvalue weighted by Crippen LogP contribution is 2.31. The number of rotatable bonds is 6. The summed E-state index contributed by atoms with van der Waals surface area (Å²) in [4.78, 5) is 37.6. The number of thiazole rings is 1. The first kappa shape index (κ1) is 21.4. The number of aryl methyl sites for hydroxylation is 2. The smallest absolute Gasteiger partial charge is 0.265 e. The van der Waals surface area contributed by atoms with Crippen LogP contribution in [0.1, 0.15) is 48.8 Å². The van der Waals surface area contributed by atoms with E-state index < -0.39 is 0 Å². The molecule has 1 N–H and O–H groups in total. The van der Waals surface area contributed by atoms with Crippen LogP contribution in [0, 0.1) is 13.8 Å². The molecule has 1 fully saturated rings. The molecule has 0 aliphatic carbocycles. The van der Waals surface area contributed by atoms with Crippen LogP contribution in [0.3, 0.4) is 0 Å². The molecule has 3 heterocycles. The first-order valence-corrected chi connectivity index (χ1v) is 11.2. The molecular weight excluding hydrogens is 412 g/mol. The van der Waals surface area contributed by atoms with E-state index in [1.54, 1.807) is 7.11 Å². The van der Waals surface area contributed by atoms with Crippen molar-refractivity contribution in [3.63, 3.8) is 0 Å². The van der Waals surface area contributed by atoms with Crippen LogP contribution in [0.2, 0.25) is 0 Å². The van der Waals surface area contributed by atoms with E-state index in [-0.39, 0.29) is 17.7 Å². The summed E-state index contributed by atoms with van der Waals surface area (Å²) in [5.41, 5.74) is 3.03. The van der Waals surface area contributed by atoms with Crippen LogP contribution >= 0.6 is 11.3 Å². The summed E-state index contributed by atoms with van der Waals surface area (Å²) in [6, 6.07) is 9.55. The molecule has 0 radical (unpaired) electrons. The monoisotopic (exact) mass is 438 g/mol. The number of nitrogens with zero attached hydrogens (tertiary/aromatic N) is 3. The fourth-order valence-electron chi connectivity index (χ4n) is 4.01. The molecule has 0 spiro atoms. The van der Waals surface area contributed by atoms with Crippen LogP contribution in [0.4, 0.5) is 0 Å². The van der Waals surface area contributed by atoms with Crippen molar-refractivity contribution in [2.75, 3.05) is 33.4 Å². The molecule has 1 aliphatic rings. The third kappa shape index (κ3) is 4.45. The number of pyridine rings is 1. The number of amides is 2. The zero-order valence-corrected chi connectivity index (χ0v) is 18.8. The molecule has 4 rings (SSSR count). The summed E-state index contributed by atoms with van der Waals surface area (Å²) in [5, 5.41) is 4.63. The van der Waals surface area contributed by atoms with Gasteiger partial charge in [0.25, 0.3) is 11.8 Å². The molecule has 0 saturated carbocycles. The second kappa shape index (κ2) is 9.11. The number of para-hydroxylation sites is 1. The Labute approximate surface area is 185 Å². The molecule has 162 valence electrons. The lowest BCUT2D eigenvalue weighted by molar-refractivity contribution is 0.0794. The average Bonchev–Trinajstić information content (AvgIpc) is 3.39. The van der Waals surface area contributed by atoms with Gasteiger partial charge in [0.15, 0.2) is 0 Å². The van der Waals surface area contributed by atoms with Crippen molar-refractivity contribution in [2.24, 2.45) is 0 Å². The maximum Gasteiger partial charge on any atom is 0.265 e. The van der Waals surface area contributed by atoms with E-state index in [2.05, 4.69) is 10.3 Å². The van der Waals surface area contributed by atoms with Gasteiger partial charge >= 0.3 is 0 Å². The molecule has 1 aromatic carbocycles. The number of ether oxygens (including phenoxy) is 1. The SMILES string of the molecule is COCCNC(=O)c1cc([C@@H]2CCN(C(=O)c3sc(C)nc3C)C2)nc2ccccc12. The van der Waals surface area contributed by atoms with Crippen LogP contribution in [0.5, 0.6) is 0 Å². The molecule has 2 amide bonds. The zero-order valence-electron chi connectivity index (χ0n) is 18.0. The van der Waals surface area contributed by atoms with E-state index in [1.165, 1.54) is 11.3 Å². The highest BCUT2D eigenvalue weighted by molar-refractivity contribution is 7.13. The Balaban J connectivity index is 1.59. The van der Waals surface area contributed by atoms with Gasteiger partial charge in [0.05, 0.1) is 28.4 Å². The van der Waals surface area contributed by atoms with Crippen LogP contribution in [-0.4, -0.2) is 60.0 Å². The van der Waals surface area contributed by atoms with E-state index in [4.69, 9.17) is 9.72 Å². The highest BCUT2D eigenvalue weighted by Gasteiger charge is 2.31. The van der Waals surface area contributed by atoms with Crippen LogP contribution < -0.4 is 5.32 Å². The largest absolute Gasteiger partial charge is 0.383 e. The van der Waals surface area contributed by atoms with Gasteiger partial charge in [0.1, 0.15) is 4.88 Å². The molecule has 1 atom stereocenters. The number of carbonyl (C=O) groups is 2. The summed E-state index contributed by atoms with van der Waals surface area (Å²) in [7, 11) is 1.61. The maximum absolute atomic E-state index is 13.0. The summed E-state index contributed by atoms with van der Waals surface area (Å²) in [6.07, 6.45) is 0.818. The Bertz CT molecular complexity index is 1130. The predicted molar refractivity (Wildman–Crippen MR) is 121 cm³/mol. The Hall–Kier alpha value is -2.84. The van der Waals surface area contributed by atoms with Crippen LogP contribution in [0.25, 0.3) is 10.9 Å². The fourth-order valence-corrected chi connectivity index (χ4v) is 4.90. The van der Waals surface area contributed by atoms with E-state index in [0.29, 0.717) is 36.7 Å². The van der Waals surface area contributed by atoms with Crippen molar-refractivity contribution in [1.29, 1.82) is 0 Å². The van der Waals surface area contributed by atoms with E-state index in [9.17, 15) is 9.59 Å². The van der Waals surface area contributed by atoms with Gasteiger partial charge in [0.2, 0.25) is 0 Å². The van der Waals surface area contributed by atoms with Gasteiger partial charge in [0, 0.05) is 43.7 Å². The molecule has 31 heavy (non-hydrogen) atoms. The predicted octanol–water partition coefficient (Wildman–Crippen LogP) is 3.31. The van der Waals surface area contributed by atoms with Gasteiger partial charge < -0.3 is 15.0 Å². The third-order valence-electron chi connectivity index (χ3n) is 5.56. The molecule has 2 aromatic heterocycles. The second-order valence-corrected chi connectivity index (χ2v) is 8.95. The van der Waals surface area contributed by atoms with Crippen molar-refractivity contribution >= 4 is 34.1 Å². The molecule has 7 nitrogen and oxygen atoms in total. The van der Waals surface area contributed by atoms with Crippen LogP contribution in [0.15, 0.2) is 30.3 Å². The standard InChI is InChI=1S/C23H26N4O3S/c1-14-21(31-15(2)25-14)23(29)27-10-8-16(13-27)20-12-18(22(28)24-9-11-30-3)17-6-4-5-7-19(17)26-20/h4-7,12,16H,8-11,13H2,1-3H3,(H,24,28)/t16-/m1/s1. The molecule has 1 saturated heterocycles. The fraction of sp³-hybridized carbons (Fsp3) is 0.391. The van der Waals surface area contributed by atoms with Gasteiger partial charge in [-0.25, -0.2) is 4.98 Å². The lowest BCUT2D eigenvalue weighted by Crippen LogP contribution is -2.29. The minimum Gasteiger partial charge on any atom is -0.383 e. The van der Waals surface area contributed by atoms with Gasteiger partial charge in [-0.3, -0.25) is 14.6 Å². The Morgan fingerprint density at radius 2 is 2.06 bits per heavy atom. The lowest BCUT2D eigenvalue weighted by atomic mass is 9.99. The molecule has 0 bridgehead atoms. The summed E-state index contributed by atoms with van der Waals surface area (Å²) >= 11 is 1.44. The van der Waals surface area contributed by atoms with Crippen molar-refractivity contribution in [2.45, 2.75) is 26.2 Å². The van der Waals surface area contributed by atoms with E-state index >= 15 is 0 Å². The lowest BCUT2D eigenvalue weighted by Gasteiger charge is -2.17. The van der Waals surface area contributed by atoms with Gasteiger partial charge in [-0.1, -0.05) is 18.2 Å². The van der Waals surface area contributed by atoms with Crippen molar-refractivity contribution in [3.05, 3.63) is 57.2 Å². The topological polar surface area (TPSA) is 84.4 Å². The number of hydrogen-bond donors (Lipinski definition) is 1. The summed E-state index contributed by atoms with van der Waals surface area (Å²) < 4.78 is 5.03. The maximum atomic E-state index is 13.0. The Kier molecular flexibility index (Phi) is 6.29. The van der Waals surface area contributed by atoms with Crippen molar-refractivity contribution < 1.29 is 14.3 Å². The second-order valence-electron chi connectivity index (χ2n) is 7.74. The minimum atomic E-state index is -0.140. The third-order valence-corrected chi connectivity index (χ3v) is 6.62. The quantitative estimate of drug-likeness (QED) is 0.597. The molecule has 0 unspecified atom stereocenters. The zero-order chi connectivity index (χ0) is 22.0. The minimum absolute atomic E-state index is 0.0314. The van der Waals surface area contributed by atoms with E-state index in [1.807, 2.05) is 49.1 Å². The van der Waals surface area contributed by atoms with Gasteiger partial charge in [-0.2, -0.15) is 0 Å². The molecule has 1 aliphatic heterocycles. The summed E-state index contributed by atoms with van der Waals surface area (Å²) in [6.45, 7) is 5.95. The van der Waals surface area contributed by atoms with Gasteiger partial charge in [-0.15, -0.1) is 11.3 Å². The number of methoxy groups -OCH3 is 1. The summed E-state index contributed by atoms with van der Waals surface area (Å²) in [5.74, 6) is -0.0177. The number of nitrogens with one attached hydrogen (secondary N) is 1. The van der Waals surface area contributed by atoms with Crippen molar-refractivity contribution in [3.8, 4) is 0 Å². The first-order valence-electron chi connectivity index (χ1n) is 10.4. The number of aromatic nitrogens is 2. The number of fused-ring (bicyclic) bond motifs is 1. The Morgan fingerprint density at radius 1 is 1.26 bits per heavy atom.